The fourth-order valence-corrected chi connectivity index (χ4v) is 2.07. The molecule has 0 saturated carbocycles. The molecular weight excluding hydrogens is 228 g/mol. The van der Waals surface area contributed by atoms with Crippen molar-refractivity contribution in [3.8, 4) is 5.75 Å². The third kappa shape index (κ3) is 3.02. The summed E-state index contributed by atoms with van der Waals surface area (Å²) in [6.45, 7) is 6.72. The van der Waals surface area contributed by atoms with Crippen molar-refractivity contribution >= 4 is 0 Å². The Bertz CT molecular complexity index is 365. The lowest BCUT2D eigenvalue weighted by atomic mass is 9.87. The lowest BCUT2D eigenvalue weighted by molar-refractivity contribution is -0.0306. The second-order valence-corrected chi connectivity index (χ2v) is 4.44. The van der Waals surface area contributed by atoms with E-state index in [4.69, 9.17) is 15.3 Å². The van der Waals surface area contributed by atoms with Crippen LogP contribution in [-0.4, -0.2) is 19.3 Å². The summed E-state index contributed by atoms with van der Waals surface area (Å²) in [5.41, 5.74) is 3.50. The molecule has 0 spiro atoms. The zero-order valence-corrected chi connectivity index (χ0v) is 11.7. The highest BCUT2D eigenvalue weighted by molar-refractivity contribution is 5.37. The van der Waals surface area contributed by atoms with Crippen LogP contribution in [0.1, 0.15) is 38.8 Å². The molecule has 0 aliphatic carbocycles. The fraction of sp³-hybridized carbons (Fsp3) is 0.571. The smallest absolute Gasteiger partial charge is 0.124 e. The first kappa shape index (κ1) is 15.0. The van der Waals surface area contributed by atoms with E-state index in [0.29, 0.717) is 6.61 Å². The first-order chi connectivity index (χ1) is 8.62. The molecule has 0 bridgehead atoms. The second-order valence-electron chi connectivity index (χ2n) is 4.44. The number of ether oxygens (including phenoxy) is 2. The molecule has 3 N–H and O–H groups in total. The molecule has 1 rings (SSSR count). The number of benzene rings is 1. The van der Waals surface area contributed by atoms with Gasteiger partial charge in [0, 0.05) is 12.7 Å². The standard InChI is InChI=1S/C14H24N2O2/c1-5-14(3,17-4)13(16-15)11-9-7-8-10-12(11)18-6-2/h7-10,13,16H,5-6,15H2,1-4H3. The van der Waals surface area contributed by atoms with Crippen molar-refractivity contribution in [3.05, 3.63) is 29.8 Å². The van der Waals surface area contributed by atoms with Crippen molar-refractivity contribution in [1.29, 1.82) is 0 Å². The van der Waals surface area contributed by atoms with Crippen molar-refractivity contribution in [3.63, 3.8) is 0 Å². The van der Waals surface area contributed by atoms with E-state index < -0.39 is 0 Å². The van der Waals surface area contributed by atoms with E-state index in [1.807, 2.05) is 38.1 Å². The Morgan fingerprint density at radius 1 is 1.33 bits per heavy atom. The molecule has 102 valence electrons. The average Bonchev–Trinajstić information content (AvgIpc) is 2.41. The Hall–Kier alpha value is -1.10. The minimum atomic E-state index is -0.373. The SMILES string of the molecule is CCOc1ccccc1C(NN)C(C)(CC)OC. The summed E-state index contributed by atoms with van der Waals surface area (Å²) in [6, 6.07) is 7.79. The summed E-state index contributed by atoms with van der Waals surface area (Å²) < 4.78 is 11.3. The van der Waals surface area contributed by atoms with Crippen LogP contribution in [0.15, 0.2) is 24.3 Å². The van der Waals surface area contributed by atoms with Gasteiger partial charge in [0.25, 0.3) is 0 Å². The number of nitrogens with one attached hydrogen (secondary N) is 1. The number of rotatable bonds is 7. The largest absolute Gasteiger partial charge is 0.494 e. The van der Waals surface area contributed by atoms with Gasteiger partial charge in [0.15, 0.2) is 0 Å². The van der Waals surface area contributed by atoms with Crippen LogP contribution in [0, 0.1) is 0 Å². The van der Waals surface area contributed by atoms with Gasteiger partial charge in [-0.15, -0.1) is 0 Å². The van der Waals surface area contributed by atoms with Gasteiger partial charge >= 0.3 is 0 Å². The van der Waals surface area contributed by atoms with Crippen LogP contribution in [0.2, 0.25) is 0 Å². The number of hydrogen-bond donors (Lipinski definition) is 2. The second kappa shape index (κ2) is 6.73. The molecule has 0 fully saturated rings. The van der Waals surface area contributed by atoms with Gasteiger partial charge in [0.1, 0.15) is 5.75 Å². The van der Waals surface area contributed by atoms with Crippen LogP contribution in [-0.2, 0) is 4.74 Å². The van der Waals surface area contributed by atoms with Gasteiger partial charge in [-0.25, -0.2) is 5.43 Å². The third-order valence-corrected chi connectivity index (χ3v) is 3.48. The van der Waals surface area contributed by atoms with Gasteiger partial charge in [0.2, 0.25) is 0 Å². The van der Waals surface area contributed by atoms with Crippen LogP contribution in [0.5, 0.6) is 5.75 Å². The van der Waals surface area contributed by atoms with E-state index in [1.54, 1.807) is 7.11 Å². The summed E-state index contributed by atoms with van der Waals surface area (Å²) in [6.07, 6.45) is 0.846. The Morgan fingerprint density at radius 2 is 2.00 bits per heavy atom. The van der Waals surface area contributed by atoms with E-state index in [2.05, 4.69) is 12.3 Å². The first-order valence-corrected chi connectivity index (χ1v) is 6.35. The molecule has 1 aromatic carbocycles. The molecule has 0 aliphatic rings. The summed E-state index contributed by atoms with van der Waals surface area (Å²) in [4.78, 5) is 0. The van der Waals surface area contributed by atoms with Crippen LogP contribution in [0.25, 0.3) is 0 Å². The predicted octanol–water partition coefficient (Wildman–Crippen LogP) is 2.40. The topological polar surface area (TPSA) is 56.5 Å². The third-order valence-electron chi connectivity index (χ3n) is 3.48. The summed E-state index contributed by atoms with van der Waals surface area (Å²) in [5.74, 6) is 6.57. The lowest BCUT2D eigenvalue weighted by Crippen LogP contribution is -2.45. The Labute approximate surface area is 109 Å². The van der Waals surface area contributed by atoms with E-state index in [1.165, 1.54) is 0 Å². The van der Waals surface area contributed by atoms with Crippen molar-refractivity contribution in [2.75, 3.05) is 13.7 Å². The maximum absolute atomic E-state index is 5.72. The molecule has 0 amide bonds. The van der Waals surface area contributed by atoms with Gasteiger partial charge in [-0.05, 0) is 26.3 Å². The maximum Gasteiger partial charge on any atom is 0.124 e. The first-order valence-electron chi connectivity index (χ1n) is 6.35. The van der Waals surface area contributed by atoms with Crippen molar-refractivity contribution in [2.24, 2.45) is 5.84 Å². The number of hydrazine groups is 1. The molecular formula is C14H24N2O2. The molecule has 2 unspecified atom stereocenters. The number of hydrogen-bond acceptors (Lipinski definition) is 4. The highest BCUT2D eigenvalue weighted by atomic mass is 16.5. The van der Waals surface area contributed by atoms with E-state index >= 15 is 0 Å². The average molecular weight is 252 g/mol. The Morgan fingerprint density at radius 3 is 2.50 bits per heavy atom. The summed E-state index contributed by atoms with van der Waals surface area (Å²) in [7, 11) is 1.71. The fourth-order valence-electron chi connectivity index (χ4n) is 2.07. The van der Waals surface area contributed by atoms with Gasteiger partial charge < -0.3 is 9.47 Å². The predicted molar refractivity (Wildman–Crippen MR) is 73.4 cm³/mol. The molecule has 0 radical (unpaired) electrons. The number of nitrogens with two attached hydrogens (primary N) is 1. The summed E-state index contributed by atoms with van der Waals surface area (Å²) >= 11 is 0. The molecule has 0 aliphatic heterocycles. The van der Waals surface area contributed by atoms with Gasteiger partial charge in [-0.2, -0.15) is 0 Å². The quantitative estimate of drug-likeness (QED) is 0.578. The maximum atomic E-state index is 5.72. The number of para-hydroxylation sites is 1. The lowest BCUT2D eigenvalue weighted by Gasteiger charge is -2.36. The van der Waals surface area contributed by atoms with Gasteiger partial charge in [-0.3, -0.25) is 5.84 Å². The van der Waals surface area contributed by atoms with Crippen molar-refractivity contribution in [1.82, 2.24) is 5.43 Å². The molecule has 4 nitrogen and oxygen atoms in total. The minimum Gasteiger partial charge on any atom is -0.494 e. The molecule has 18 heavy (non-hydrogen) atoms. The Balaban J connectivity index is 3.15. The minimum absolute atomic E-state index is 0.116. The van der Waals surface area contributed by atoms with Crippen LogP contribution in [0.3, 0.4) is 0 Å². The van der Waals surface area contributed by atoms with E-state index in [9.17, 15) is 0 Å². The molecule has 0 heterocycles. The Kier molecular flexibility index (Phi) is 5.59. The molecule has 2 atom stereocenters. The highest BCUT2D eigenvalue weighted by Gasteiger charge is 2.34. The zero-order valence-electron chi connectivity index (χ0n) is 11.7. The normalized spacial score (nSPS) is 16.1. The molecule has 0 aromatic heterocycles. The zero-order chi connectivity index (χ0) is 13.6. The molecule has 0 saturated heterocycles. The van der Waals surface area contributed by atoms with Crippen molar-refractivity contribution in [2.45, 2.75) is 38.8 Å². The van der Waals surface area contributed by atoms with Gasteiger partial charge in [-0.1, -0.05) is 25.1 Å². The monoisotopic (exact) mass is 252 g/mol. The van der Waals surface area contributed by atoms with Crippen LogP contribution in [0.4, 0.5) is 0 Å². The van der Waals surface area contributed by atoms with Crippen molar-refractivity contribution < 1.29 is 9.47 Å². The van der Waals surface area contributed by atoms with Crippen LogP contribution >= 0.6 is 0 Å². The summed E-state index contributed by atoms with van der Waals surface area (Å²) in [5, 5.41) is 0. The van der Waals surface area contributed by atoms with Gasteiger partial charge in [0.05, 0.1) is 18.2 Å². The molecule has 4 heteroatoms. The van der Waals surface area contributed by atoms with Crippen LogP contribution < -0.4 is 16.0 Å². The molecule has 1 aromatic rings. The van der Waals surface area contributed by atoms with E-state index in [0.717, 1.165) is 17.7 Å². The number of methoxy groups -OCH3 is 1. The highest BCUT2D eigenvalue weighted by Crippen LogP contribution is 2.35. The van der Waals surface area contributed by atoms with E-state index in [-0.39, 0.29) is 11.6 Å².